The number of amides is 2. The Morgan fingerprint density at radius 3 is 2.44 bits per heavy atom. The predicted molar refractivity (Wildman–Crippen MR) is 112 cm³/mol. The van der Waals surface area contributed by atoms with E-state index in [2.05, 4.69) is 45.0 Å². The molecule has 2 saturated carbocycles. The molecule has 1 saturated heterocycles. The summed E-state index contributed by atoms with van der Waals surface area (Å²) in [6.07, 6.45) is 6.13. The molecule has 0 bridgehead atoms. The van der Waals surface area contributed by atoms with Crippen molar-refractivity contribution in [3.8, 4) is 0 Å². The van der Waals surface area contributed by atoms with Crippen LogP contribution in [-0.4, -0.2) is 61.6 Å². The van der Waals surface area contributed by atoms with Gasteiger partial charge < -0.3 is 20.9 Å². The Hall–Kier alpha value is -0.810. The maximum atomic E-state index is 13.0. The quantitative estimate of drug-likeness (QED) is 0.793. The summed E-state index contributed by atoms with van der Waals surface area (Å²) in [6.45, 7) is 14.1. The highest BCUT2D eigenvalue weighted by Gasteiger charge is 2.56. The lowest BCUT2D eigenvalue weighted by molar-refractivity contribution is -0.106. The smallest absolute Gasteiger partial charge is 0.317 e. The fraction of sp³-hybridized carbons (Fsp3) is 0.955. The van der Waals surface area contributed by atoms with E-state index in [9.17, 15) is 4.79 Å². The highest BCUT2D eigenvalue weighted by molar-refractivity contribution is 5.74. The summed E-state index contributed by atoms with van der Waals surface area (Å²) in [7, 11) is 2.13. The number of nitrogens with two attached hydrogens (primary N) is 1. The van der Waals surface area contributed by atoms with Gasteiger partial charge in [0.1, 0.15) is 0 Å². The number of nitrogens with zero attached hydrogens (tertiary/aromatic N) is 2. The molecule has 3 fully saturated rings. The fourth-order valence-electron chi connectivity index (χ4n) is 6.77. The molecule has 0 aromatic rings. The largest absolute Gasteiger partial charge is 0.335 e. The third kappa shape index (κ3) is 4.00. The second-order valence-electron chi connectivity index (χ2n) is 10.5. The van der Waals surface area contributed by atoms with Crippen molar-refractivity contribution >= 4 is 6.03 Å². The van der Waals surface area contributed by atoms with Crippen LogP contribution in [0.25, 0.3) is 0 Å². The van der Waals surface area contributed by atoms with Crippen LogP contribution < -0.4 is 11.1 Å². The third-order valence-corrected chi connectivity index (χ3v) is 8.46. The summed E-state index contributed by atoms with van der Waals surface area (Å²) in [4.78, 5) is 17.3. The van der Waals surface area contributed by atoms with Gasteiger partial charge >= 0.3 is 6.03 Å². The Bertz CT molecular complexity index is 528. The summed E-state index contributed by atoms with van der Waals surface area (Å²) in [5, 5.41) is 3.46. The zero-order chi connectivity index (χ0) is 19.8. The maximum Gasteiger partial charge on any atom is 0.317 e. The van der Waals surface area contributed by atoms with E-state index in [0.29, 0.717) is 28.6 Å². The van der Waals surface area contributed by atoms with E-state index in [4.69, 9.17) is 5.73 Å². The van der Waals surface area contributed by atoms with E-state index < -0.39 is 0 Å². The lowest BCUT2D eigenvalue weighted by Gasteiger charge is -2.61. The van der Waals surface area contributed by atoms with Crippen LogP contribution in [0.1, 0.15) is 59.8 Å². The first kappa shape index (κ1) is 20.9. The van der Waals surface area contributed by atoms with Gasteiger partial charge in [-0.3, -0.25) is 0 Å². The summed E-state index contributed by atoms with van der Waals surface area (Å²) in [6, 6.07) is 0.410. The molecule has 1 heterocycles. The molecule has 2 aliphatic carbocycles. The molecule has 3 N–H and O–H groups in total. The highest BCUT2D eigenvalue weighted by Crippen LogP contribution is 2.61. The number of piperazine rings is 1. The van der Waals surface area contributed by atoms with Crippen LogP contribution >= 0.6 is 0 Å². The number of hydrogen-bond donors (Lipinski definition) is 2. The summed E-state index contributed by atoms with van der Waals surface area (Å²) >= 11 is 0. The van der Waals surface area contributed by atoms with Gasteiger partial charge in [-0.25, -0.2) is 4.79 Å². The van der Waals surface area contributed by atoms with Crippen molar-refractivity contribution in [2.24, 2.45) is 34.3 Å². The highest BCUT2D eigenvalue weighted by atomic mass is 16.2. The molecule has 5 heteroatoms. The minimum Gasteiger partial charge on any atom is -0.335 e. The minimum absolute atomic E-state index is 0.142. The molecule has 0 spiro atoms. The van der Waals surface area contributed by atoms with Crippen molar-refractivity contribution < 1.29 is 4.79 Å². The SMILES string of the molecule is C[C@@H]1[C@H](NC(=O)N2CCN(C)CC2)CC2C(C)(C)CCC[C@]2(C)[C@H]1CCN. The van der Waals surface area contributed by atoms with Gasteiger partial charge in [-0.05, 0) is 67.9 Å². The van der Waals surface area contributed by atoms with Gasteiger partial charge in [-0.2, -0.15) is 0 Å². The molecule has 2 amide bonds. The number of hydrogen-bond acceptors (Lipinski definition) is 3. The zero-order valence-corrected chi connectivity index (χ0v) is 18.3. The summed E-state index contributed by atoms with van der Waals surface area (Å²) < 4.78 is 0. The first-order chi connectivity index (χ1) is 12.7. The van der Waals surface area contributed by atoms with Crippen molar-refractivity contribution in [3.63, 3.8) is 0 Å². The van der Waals surface area contributed by atoms with Gasteiger partial charge in [0.2, 0.25) is 0 Å². The van der Waals surface area contributed by atoms with Crippen molar-refractivity contribution in [3.05, 3.63) is 0 Å². The Kier molecular flexibility index (Phi) is 6.12. The number of carbonyl (C=O) groups excluding carboxylic acids is 1. The van der Waals surface area contributed by atoms with E-state index in [1.165, 1.54) is 19.3 Å². The third-order valence-electron chi connectivity index (χ3n) is 8.46. The molecule has 5 nitrogen and oxygen atoms in total. The zero-order valence-electron chi connectivity index (χ0n) is 18.3. The van der Waals surface area contributed by atoms with Crippen LogP contribution in [0.2, 0.25) is 0 Å². The average molecular weight is 379 g/mol. The van der Waals surface area contributed by atoms with Crippen molar-refractivity contribution in [2.75, 3.05) is 39.8 Å². The Morgan fingerprint density at radius 1 is 1.15 bits per heavy atom. The first-order valence-corrected chi connectivity index (χ1v) is 11.1. The maximum absolute atomic E-state index is 13.0. The molecule has 27 heavy (non-hydrogen) atoms. The van der Waals surface area contributed by atoms with E-state index in [0.717, 1.165) is 45.6 Å². The van der Waals surface area contributed by atoms with Gasteiger partial charge in [-0.15, -0.1) is 0 Å². The number of urea groups is 1. The van der Waals surface area contributed by atoms with Gasteiger partial charge in [0.25, 0.3) is 0 Å². The topological polar surface area (TPSA) is 61.6 Å². The second kappa shape index (κ2) is 7.90. The molecule has 0 aromatic carbocycles. The predicted octanol–water partition coefficient (Wildman–Crippen LogP) is 3.15. The average Bonchev–Trinajstić information content (AvgIpc) is 2.60. The number of rotatable bonds is 3. The molecule has 1 aliphatic heterocycles. The second-order valence-corrected chi connectivity index (χ2v) is 10.5. The standard InChI is InChI=1S/C22H42N4O/c1-16-17(7-10-23)22(4)9-6-8-21(2,3)19(22)15-18(16)24-20(27)26-13-11-25(5)12-14-26/h16-19H,6-15,23H2,1-5H3,(H,24,27)/t16-,17-,18+,19?,22+/m0/s1. The molecular weight excluding hydrogens is 336 g/mol. The van der Waals surface area contributed by atoms with Crippen LogP contribution in [0.5, 0.6) is 0 Å². The molecule has 3 rings (SSSR count). The number of carbonyl (C=O) groups is 1. The molecule has 1 unspecified atom stereocenters. The van der Waals surface area contributed by atoms with E-state index in [1.54, 1.807) is 0 Å². The van der Waals surface area contributed by atoms with Gasteiger partial charge in [-0.1, -0.05) is 34.1 Å². The molecule has 0 aromatic heterocycles. The normalized spacial score (nSPS) is 39.7. The Morgan fingerprint density at radius 2 is 1.81 bits per heavy atom. The molecule has 0 radical (unpaired) electrons. The number of likely N-dealkylation sites (N-methyl/N-ethyl adjacent to an activating group) is 1. The van der Waals surface area contributed by atoms with Crippen molar-refractivity contribution in [1.29, 1.82) is 0 Å². The van der Waals surface area contributed by atoms with Crippen LogP contribution in [0, 0.1) is 28.6 Å². The van der Waals surface area contributed by atoms with Gasteiger partial charge in [0, 0.05) is 32.2 Å². The molecule has 5 atom stereocenters. The van der Waals surface area contributed by atoms with Crippen LogP contribution in [0.3, 0.4) is 0 Å². The van der Waals surface area contributed by atoms with Crippen LogP contribution in [0.4, 0.5) is 4.79 Å². The lowest BCUT2D eigenvalue weighted by atomic mass is 9.45. The first-order valence-electron chi connectivity index (χ1n) is 11.1. The Labute approximate surface area is 166 Å². The molecular formula is C22H42N4O. The lowest BCUT2D eigenvalue weighted by Crippen LogP contribution is -2.61. The van der Waals surface area contributed by atoms with E-state index in [1.807, 2.05) is 4.90 Å². The van der Waals surface area contributed by atoms with E-state index in [-0.39, 0.29) is 12.1 Å². The van der Waals surface area contributed by atoms with E-state index >= 15 is 0 Å². The van der Waals surface area contributed by atoms with Crippen LogP contribution in [0.15, 0.2) is 0 Å². The van der Waals surface area contributed by atoms with Crippen LogP contribution in [-0.2, 0) is 0 Å². The Balaban J connectivity index is 1.76. The minimum atomic E-state index is 0.142. The van der Waals surface area contributed by atoms with Gasteiger partial charge in [0.05, 0.1) is 0 Å². The molecule has 156 valence electrons. The van der Waals surface area contributed by atoms with Crippen molar-refractivity contribution in [2.45, 2.75) is 65.8 Å². The summed E-state index contributed by atoms with van der Waals surface area (Å²) in [5.74, 6) is 1.74. The molecule has 3 aliphatic rings. The van der Waals surface area contributed by atoms with Crippen molar-refractivity contribution in [1.82, 2.24) is 15.1 Å². The number of fused-ring (bicyclic) bond motifs is 1. The fourth-order valence-corrected chi connectivity index (χ4v) is 6.77. The van der Waals surface area contributed by atoms with Gasteiger partial charge in [0.15, 0.2) is 0 Å². The summed E-state index contributed by atoms with van der Waals surface area (Å²) in [5.41, 5.74) is 6.75. The monoisotopic (exact) mass is 378 g/mol. The number of nitrogens with one attached hydrogen (secondary N) is 1.